The second kappa shape index (κ2) is 6.79. The van der Waals surface area contributed by atoms with Crippen molar-refractivity contribution in [1.29, 1.82) is 0 Å². The monoisotopic (exact) mass is 364 g/mol. The molecule has 9 heteroatoms. The van der Waals surface area contributed by atoms with Crippen LogP contribution in [0.25, 0.3) is 22.5 Å². The predicted molar refractivity (Wildman–Crippen MR) is 99.1 cm³/mol. The van der Waals surface area contributed by atoms with Crippen molar-refractivity contribution in [2.24, 2.45) is 0 Å². The van der Waals surface area contributed by atoms with E-state index in [9.17, 15) is 4.79 Å². The van der Waals surface area contributed by atoms with Crippen LogP contribution in [0.2, 0.25) is 0 Å². The Morgan fingerprint density at radius 3 is 2.96 bits per heavy atom. The molecule has 4 rings (SSSR count). The zero-order chi connectivity index (χ0) is 18.8. The van der Waals surface area contributed by atoms with E-state index in [-0.39, 0.29) is 18.4 Å². The molecule has 0 aliphatic rings. The van der Waals surface area contributed by atoms with E-state index in [4.69, 9.17) is 14.9 Å². The Hall–Kier alpha value is -3.88. The molecule has 0 saturated carbocycles. The number of furan rings is 1. The number of fused-ring (bicyclic) bond motifs is 1. The van der Waals surface area contributed by atoms with E-state index in [1.165, 1.54) is 4.68 Å². The number of benzene rings is 1. The molecule has 9 nitrogen and oxygen atoms in total. The first-order valence-corrected chi connectivity index (χ1v) is 8.11. The number of aromatic nitrogens is 4. The van der Waals surface area contributed by atoms with Gasteiger partial charge in [-0.05, 0) is 24.3 Å². The van der Waals surface area contributed by atoms with Gasteiger partial charge in [0.25, 0.3) is 0 Å². The Labute approximate surface area is 153 Å². The second-order valence-corrected chi connectivity index (χ2v) is 5.73. The maximum Gasteiger partial charge on any atom is 0.246 e. The summed E-state index contributed by atoms with van der Waals surface area (Å²) in [7, 11) is 1.57. The Balaban J connectivity index is 1.61. The number of ether oxygens (including phenoxy) is 1. The van der Waals surface area contributed by atoms with Gasteiger partial charge in [-0.1, -0.05) is 6.07 Å². The maximum atomic E-state index is 12.4. The number of methoxy groups -OCH3 is 1. The van der Waals surface area contributed by atoms with Gasteiger partial charge in [0, 0.05) is 11.8 Å². The van der Waals surface area contributed by atoms with Crippen LogP contribution in [0.3, 0.4) is 0 Å². The largest absolute Gasteiger partial charge is 0.497 e. The Morgan fingerprint density at radius 1 is 1.30 bits per heavy atom. The third kappa shape index (κ3) is 3.30. The zero-order valence-electron chi connectivity index (χ0n) is 14.4. The van der Waals surface area contributed by atoms with E-state index < -0.39 is 0 Å². The van der Waals surface area contributed by atoms with Gasteiger partial charge in [-0.2, -0.15) is 10.1 Å². The number of carbonyl (C=O) groups is 1. The highest BCUT2D eigenvalue weighted by Crippen LogP contribution is 2.27. The third-order valence-corrected chi connectivity index (χ3v) is 3.91. The number of carbonyl (C=O) groups excluding carboxylic acids is 1. The van der Waals surface area contributed by atoms with Crippen LogP contribution in [0.5, 0.6) is 5.75 Å². The standard InChI is InChI=1S/C18H16N6O3/c1-26-12-5-2-4-11(8-12)21-15(25)10-24-17-13(9-20-24)16(22-18(19)23-17)14-6-3-7-27-14/h2-9H,10H2,1H3,(H,21,25)(H2,19,22,23). The summed E-state index contributed by atoms with van der Waals surface area (Å²) < 4.78 is 12.0. The highest BCUT2D eigenvalue weighted by Gasteiger charge is 2.16. The molecule has 0 aliphatic carbocycles. The molecule has 1 aromatic carbocycles. The average Bonchev–Trinajstić information content (AvgIpc) is 3.32. The topological polar surface area (TPSA) is 121 Å². The number of hydrogen-bond acceptors (Lipinski definition) is 7. The average molecular weight is 364 g/mol. The molecule has 0 saturated heterocycles. The molecule has 3 heterocycles. The van der Waals surface area contributed by atoms with Gasteiger partial charge in [-0.3, -0.25) is 4.79 Å². The SMILES string of the molecule is COc1cccc(NC(=O)Cn2ncc3c(-c4ccco4)nc(N)nc32)c1. The van der Waals surface area contributed by atoms with Crippen molar-refractivity contribution in [3.8, 4) is 17.2 Å². The summed E-state index contributed by atoms with van der Waals surface area (Å²) in [6.45, 7) is -0.0330. The van der Waals surface area contributed by atoms with Crippen molar-refractivity contribution >= 4 is 28.6 Å². The smallest absolute Gasteiger partial charge is 0.246 e. The molecular weight excluding hydrogens is 348 g/mol. The van der Waals surface area contributed by atoms with Crippen LogP contribution in [0.1, 0.15) is 0 Å². The number of nitrogens with one attached hydrogen (secondary N) is 1. The summed E-state index contributed by atoms with van der Waals surface area (Å²) in [5, 5.41) is 7.70. The lowest BCUT2D eigenvalue weighted by Crippen LogP contribution is -2.19. The summed E-state index contributed by atoms with van der Waals surface area (Å²) in [5.74, 6) is 1.02. The minimum absolute atomic E-state index is 0.0330. The van der Waals surface area contributed by atoms with Crippen LogP contribution in [-0.2, 0) is 11.3 Å². The number of rotatable bonds is 5. The van der Waals surface area contributed by atoms with Gasteiger partial charge >= 0.3 is 0 Å². The molecule has 0 fully saturated rings. The normalized spacial score (nSPS) is 10.9. The van der Waals surface area contributed by atoms with Gasteiger partial charge in [0.1, 0.15) is 18.0 Å². The van der Waals surface area contributed by atoms with Gasteiger partial charge in [0.15, 0.2) is 11.4 Å². The maximum absolute atomic E-state index is 12.4. The van der Waals surface area contributed by atoms with E-state index >= 15 is 0 Å². The summed E-state index contributed by atoms with van der Waals surface area (Å²) in [5.41, 5.74) is 7.43. The summed E-state index contributed by atoms with van der Waals surface area (Å²) in [6.07, 6.45) is 3.14. The molecule has 0 spiro atoms. The lowest BCUT2D eigenvalue weighted by atomic mass is 10.2. The minimum Gasteiger partial charge on any atom is -0.497 e. The molecule has 136 valence electrons. The van der Waals surface area contributed by atoms with E-state index in [1.807, 2.05) is 0 Å². The highest BCUT2D eigenvalue weighted by molar-refractivity contribution is 5.93. The van der Waals surface area contributed by atoms with Crippen LogP contribution in [-0.4, -0.2) is 32.8 Å². The third-order valence-electron chi connectivity index (χ3n) is 3.91. The molecule has 27 heavy (non-hydrogen) atoms. The van der Waals surface area contributed by atoms with Crippen molar-refractivity contribution in [3.05, 3.63) is 48.9 Å². The van der Waals surface area contributed by atoms with Crippen LogP contribution in [0.4, 0.5) is 11.6 Å². The number of nitrogen functional groups attached to an aromatic ring is 1. The Bertz CT molecular complexity index is 1100. The fourth-order valence-corrected chi connectivity index (χ4v) is 2.73. The van der Waals surface area contributed by atoms with Crippen molar-refractivity contribution < 1.29 is 13.9 Å². The van der Waals surface area contributed by atoms with Crippen LogP contribution in [0, 0.1) is 0 Å². The number of anilines is 2. The Morgan fingerprint density at radius 2 is 2.19 bits per heavy atom. The first-order valence-electron chi connectivity index (χ1n) is 8.11. The van der Waals surface area contributed by atoms with Crippen molar-refractivity contribution in [1.82, 2.24) is 19.7 Å². The Kier molecular flexibility index (Phi) is 4.17. The second-order valence-electron chi connectivity index (χ2n) is 5.73. The summed E-state index contributed by atoms with van der Waals surface area (Å²) in [4.78, 5) is 20.9. The molecule has 4 aromatic rings. The molecule has 0 atom stereocenters. The van der Waals surface area contributed by atoms with E-state index in [2.05, 4.69) is 20.4 Å². The molecular formula is C18H16N6O3. The molecule has 0 bridgehead atoms. The first kappa shape index (κ1) is 16.6. The number of hydrogen-bond donors (Lipinski definition) is 2. The van der Waals surface area contributed by atoms with E-state index in [1.54, 1.807) is 56.0 Å². The number of nitrogens with zero attached hydrogens (tertiary/aromatic N) is 4. The van der Waals surface area contributed by atoms with Crippen LogP contribution in [0.15, 0.2) is 53.3 Å². The number of amides is 1. The van der Waals surface area contributed by atoms with Gasteiger partial charge in [-0.15, -0.1) is 0 Å². The quantitative estimate of drug-likeness (QED) is 0.557. The summed E-state index contributed by atoms with van der Waals surface area (Å²) in [6, 6.07) is 10.6. The lowest BCUT2D eigenvalue weighted by molar-refractivity contribution is -0.116. The van der Waals surface area contributed by atoms with E-state index in [0.717, 1.165) is 0 Å². The zero-order valence-corrected chi connectivity index (χ0v) is 14.4. The highest BCUT2D eigenvalue weighted by atomic mass is 16.5. The van der Waals surface area contributed by atoms with Gasteiger partial charge in [-0.25, -0.2) is 9.67 Å². The fourth-order valence-electron chi connectivity index (χ4n) is 2.73. The lowest BCUT2D eigenvalue weighted by Gasteiger charge is -2.08. The molecule has 3 aromatic heterocycles. The summed E-state index contributed by atoms with van der Waals surface area (Å²) >= 11 is 0. The van der Waals surface area contributed by atoms with Crippen molar-refractivity contribution in [3.63, 3.8) is 0 Å². The molecule has 0 radical (unpaired) electrons. The molecule has 3 N–H and O–H groups in total. The van der Waals surface area contributed by atoms with Crippen LogP contribution >= 0.6 is 0 Å². The minimum atomic E-state index is -0.259. The first-order chi connectivity index (χ1) is 13.1. The van der Waals surface area contributed by atoms with Gasteiger partial charge < -0.3 is 20.2 Å². The van der Waals surface area contributed by atoms with Crippen LogP contribution < -0.4 is 15.8 Å². The predicted octanol–water partition coefficient (Wildman–Crippen LogP) is 2.32. The number of nitrogens with two attached hydrogens (primary N) is 1. The van der Waals surface area contributed by atoms with E-state index in [0.29, 0.717) is 33.9 Å². The molecule has 1 amide bonds. The molecule has 0 unspecified atom stereocenters. The van der Waals surface area contributed by atoms with Crippen molar-refractivity contribution in [2.75, 3.05) is 18.2 Å². The van der Waals surface area contributed by atoms with Crippen molar-refractivity contribution in [2.45, 2.75) is 6.54 Å². The fraction of sp³-hybridized carbons (Fsp3) is 0.111. The van der Waals surface area contributed by atoms with Gasteiger partial charge in [0.2, 0.25) is 11.9 Å². The van der Waals surface area contributed by atoms with Gasteiger partial charge in [0.05, 0.1) is 25.0 Å². The molecule has 0 aliphatic heterocycles.